The molecule has 3 aromatic rings. The number of methoxy groups -OCH3 is 2. The minimum absolute atomic E-state index is 0.00247. The maximum atomic E-state index is 13.4. The van der Waals surface area contributed by atoms with Crippen LogP contribution in [-0.2, 0) is 16.2 Å². The molecule has 1 unspecified atom stereocenters. The highest BCUT2D eigenvalue weighted by atomic mass is 16.5. The zero-order valence-corrected chi connectivity index (χ0v) is 22.9. The third-order valence-electron chi connectivity index (χ3n) is 6.74. The average Bonchev–Trinajstić information content (AvgIpc) is 3.19. The minimum atomic E-state index is -0.857. The Morgan fingerprint density at radius 2 is 1.69 bits per heavy atom. The molecule has 1 fully saturated rings. The van der Waals surface area contributed by atoms with Crippen molar-refractivity contribution in [2.45, 2.75) is 19.6 Å². The van der Waals surface area contributed by atoms with E-state index in [-0.39, 0.29) is 17.9 Å². The first kappa shape index (κ1) is 27.7. The van der Waals surface area contributed by atoms with Crippen molar-refractivity contribution in [1.82, 2.24) is 9.80 Å². The molecule has 0 radical (unpaired) electrons. The second-order valence-corrected chi connectivity index (χ2v) is 9.63. The molecule has 1 N–H and O–H groups in total. The molecule has 1 aliphatic heterocycles. The van der Waals surface area contributed by atoms with E-state index < -0.39 is 17.7 Å². The van der Waals surface area contributed by atoms with E-state index in [0.717, 1.165) is 11.1 Å². The van der Waals surface area contributed by atoms with Gasteiger partial charge in [-0.25, -0.2) is 0 Å². The van der Waals surface area contributed by atoms with E-state index in [9.17, 15) is 14.7 Å². The van der Waals surface area contributed by atoms with Gasteiger partial charge in [-0.3, -0.25) is 9.59 Å². The number of Topliss-reactive ketones (excluding diaryl/α,β-unsaturated/α-hetero) is 1. The molecule has 1 atom stereocenters. The number of ketones is 1. The van der Waals surface area contributed by atoms with Crippen LogP contribution < -0.4 is 14.2 Å². The number of amides is 1. The van der Waals surface area contributed by atoms with Crippen LogP contribution >= 0.6 is 0 Å². The number of aliphatic hydroxyl groups excluding tert-OH is 1. The fourth-order valence-corrected chi connectivity index (χ4v) is 4.72. The first-order valence-corrected chi connectivity index (χ1v) is 12.7. The molecule has 0 spiro atoms. The number of aryl methyl sites for hydroxylation is 1. The lowest BCUT2D eigenvalue weighted by molar-refractivity contribution is -0.140. The summed E-state index contributed by atoms with van der Waals surface area (Å²) in [5.41, 5.74) is 2.79. The number of para-hydroxylation sites is 1. The molecule has 0 aromatic heterocycles. The maximum absolute atomic E-state index is 13.4. The van der Waals surface area contributed by atoms with Gasteiger partial charge >= 0.3 is 0 Å². The van der Waals surface area contributed by atoms with E-state index in [2.05, 4.69) is 0 Å². The SMILES string of the molecule is COc1cccc(C2/C(=C(\O)c3ccc(OCc4ccccc4)c(C)c3)C(=O)C(=O)N2CCN(C)C)c1OC. The predicted molar refractivity (Wildman–Crippen MR) is 149 cm³/mol. The van der Waals surface area contributed by atoms with Crippen LogP contribution in [0.1, 0.15) is 28.3 Å². The van der Waals surface area contributed by atoms with Gasteiger partial charge in [0, 0.05) is 24.2 Å². The van der Waals surface area contributed by atoms with Gasteiger partial charge < -0.3 is 29.1 Å². The molecule has 0 bridgehead atoms. The molecule has 8 heteroatoms. The van der Waals surface area contributed by atoms with Gasteiger partial charge in [-0.15, -0.1) is 0 Å². The Morgan fingerprint density at radius 1 is 0.949 bits per heavy atom. The number of carbonyl (C=O) groups is 2. The summed E-state index contributed by atoms with van der Waals surface area (Å²) in [6.07, 6.45) is 0. The van der Waals surface area contributed by atoms with Crippen LogP contribution in [0.15, 0.2) is 72.3 Å². The Hall–Kier alpha value is -4.30. The van der Waals surface area contributed by atoms with Crippen molar-refractivity contribution < 1.29 is 28.9 Å². The average molecular weight is 531 g/mol. The van der Waals surface area contributed by atoms with E-state index in [1.165, 1.54) is 19.1 Å². The third-order valence-corrected chi connectivity index (χ3v) is 6.74. The summed E-state index contributed by atoms with van der Waals surface area (Å²) in [6, 6.07) is 19.5. The van der Waals surface area contributed by atoms with Gasteiger partial charge in [0.15, 0.2) is 11.5 Å². The molecule has 4 rings (SSSR count). The molecule has 8 nitrogen and oxygen atoms in total. The summed E-state index contributed by atoms with van der Waals surface area (Å²) in [7, 11) is 6.81. The quantitative estimate of drug-likeness (QED) is 0.233. The van der Waals surface area contributed by atoms with Gasteiger partial charge in [-0.05, 0) is 56.4 Å². The van der Waals surface area contributed by atoms with Gasteiger partial charge in [-0.1, -0.05) is 42.5 Å². The Kier molecular flexibility index (Phi) is 8.56. The molecule has 1 aliphatic rings. The zero-order valence-electron chi connectivity index (χ0n) is 22.9. The van der Waals surface area contributed by atoms with E-state index in [1.54, 1.807) is 36.4 Å². The summed E-state index contributed by atoms with van der Waals surface area (Å²) in [4.78, 5) is 30.1. The van der Waals surface area contributed by atoms with Gasteiger partial charge in [0.2, 0.25) is 0 Å². The molecule has 0 saturated carbocycles. The topological polar surface area (TPSA) is 88.5 Å². The molecule has 1 amide bonds. The van der Waals surface area contributed by atoms with Crippen LogP contribution in [0.3, 0.4) is 0 Å². The number of carbonyl (C=O) groups excluding carboxylic acids is 2. The summed E-state index contributed by atoms with van der Waals surface area (Å²) < 4.78 is 17.1. The largest absolute Gasteiger partial charge is 0.507 e. The van der Waals surface area contributed by atoms with Crippen LogP contribution in [0.25, 0.3) is 5.76 Å². The Balaban J connectivity index is 1.77. The van der Waals surface area contributed by atoms with E-state index in [1.807, 2.05) is 56.3 Å². The third kappa shape index (κ3) is 5.76. The summed E-state index contributed by atoms with van der Waals surface area (Å²) in [5.74, 6) is -0.158. The Bertz CT molecular complexity index is 1380. The van der Waals surface area contributed by atoms with Crippen LogP contribution in [-0.4, -0.2) is 68.0 Å². The second kappa shape index (κ2) is 12.0. The van der Waals surface area contributed by atoms with Crippen molar-refractivity contribution in [2.24, 2.45) is 0 Å². The van der Waals surface area contributed by atoms with E-state index >= 15 is 0 Å². The summed E-state index contributed by atoms with van der Waals surface area (Å²) in [5, 5.41) is 11.5. The van der Waals surface area contributed by atoms with Crippen LogP contribution in [0.4, 0.5) is 0 Å². The number of hydrogen-bond acceptors (Lipinski definition) is 7. The van der Waals surface area contributed by atoms with E-state index in [4.69, 9.17) is 14.2 Å². The fourth-order valence-electron chi connectivity index (χ4n) is 4.72. The lowest BCUT2D eigenvalue weighted by atomic mass is 9.94. The van der Waals surface area contributed by atoms with Crippen molar-refractivity contribution in [2.75, 3.05) is 41.4 Å². The number of aliphatic hydroxyl groups is 1. The van der Waals surface area contributed by atoms with Crippen LogP contribution in [0.5, 0.6) is 17.2 Å². The standard InChI is InChI=1S/C31H34N2O6/c1-20-18-22(14-15-24(20)39-19-21-10-7-6-8-11-21)28(34)26-27(23-12-9-13-25(37-4)30(23)38-5)33(17-16-32(2)3)31(36)29(26)35/h6-15,18,27,34H,16-17,19H2,1-5H3/b28-26+. The molecule has 39 heavy (non-hydrogen) atoms. The molecule has 204 valence electrons. The maximum Gasteiger partial charge on any atom is 0.295 e. The van der Waals surface area contributed by atoms with Crippen LogP contribution in [0.2, 0.25) is 0 Å². The highest BCUT2D eigenvalue weighted by molar-refractivity contribution is 6.46. The number of rotatable bonds is 10. The van der Waals surface area contributed by atoms with Crippen molar-refractivity contribution in [3.8, 4) is 17.2 Å². The van der Waals surface area contributed by atoms with Crippen LogP contribution in [0, 0.1) is 6.92 Å². The summed E-state index contributed by atoms with van der Waals surface area (Å²) >= 11 is 0. The van der Waals surface area contributed by atoms with E-state index in [0.29, 0.717) is 41.5 Å². The van der Waals surface area contributed by atoms with Crippen molar-refractivity contribution in [1.29, 1.82) is 0 Å². The smallest absolute Gasteiger partial charge is 0.295 e. The molecule has 0 aliphatic carbocycles. The number of likely N-dealkylation sites (N-methyl/N-ethyl adjacent to an activating group) is 1. The number of hydrogen-bond donors (Lipinski definition) is 1. The summed E-state index contributed by atoms with van der Waals surface area (Å²) in [6.45, 7) is 3.09. The van der Waals surface area contributed by atoms with Crippen molar-refractivity contribution in [3.05, 3.63) is 94.6 Å². The second-order valence-electron chi connectivity index (χ2n) is 9.63. The normalized spacial score (nSPS) is 16.6. The van der Waals surface area contributed by atoms with Crippen molar-refractivity contribution in [3.63, 3.8) is 0 Å². The number of nitrogens with zero attached hydrogens (tertiary/aromatic N) is 2. The van der Waals surface area contributed by atoms with Crippen molar-refractivity contribution >= 4 is 17.4 Å². The lowest BCUT2D eigenvalue weighted by Crippen LogP contribution is -2.35. The number of likely N-dealkylation sites (tertiary alicyclic amines) is 1. The Morgan fingerprint density at radius 3 is 2.33 bits per heavy atom. The molecular formula is C31H34N2O6. The number of benzene rings is 3. The highest BCUT2D eigenvalue weighted by Gasteiger charge is 2.47. The van der Waals surface area contributed by atoms with Gasteiger partial charge in [0.05, 0.1) is 25.8 Å². The monoisotopic (exact) mass is 530 g/mol. The van der Waals surface area contributed by atoms with Gasteiger partial charge in [0.25, 0.3) is 11.7 Å². The molecular weight excluding hydrogens is 496 g/mol. The van der Waals surface area contributed by atoms with Gasteiger partial charge in [0.1, 0.15) is 18.1 Å². The first-order chi connectivity index (χ1) is 18.8. The first-order valence-electron chi connectivity index (χ1n) is 12.7. The Labute approximate surface area is 229 Å². The molecule has 1 saturated heterocycles. The number of ether oxygens (including phenoxy) is 3. The fraction of sp³-hybridized carbons (Fsp3) is 0.290. The lowest BCUT2D eigenvalue weighted by Gasteiger charge is -2.28. The highest BCUT2D eigenvalue weighted by Crippen LogP contribution is 2.45. The zero-order chi connectivity index (χ0) is 28.1. The minimum Gasteiger partial charge on any atom is -0.507 e. The van der Waals surface area contributed by atoms with Gasteiger partial charge in [-0.2, -0.15) is 0 Å². The molecule has 3 aromatic carbocycles. The predicted octanol–water partition coefficient (Wildman–Crippen LogP) is 4.57. The molecule has 1 heterocycles.